The number of ether oxygens (including phenoxy) is 4. The van der Waals surface area contributed by atoms with E-state index in [0.717, 1.165) is 0 Å². The van der Waals surface area contributed by atoms with Crippen LogP contribution in [-0.2, 0) is 14.2 Å². The van der Waals surface area contributed by atoms with Crippen LogP contribution in [0.2, 0.25) is 0 Å². The number of aliphatic hydroxyl groups excluding tert-OH is 2. The molecule has 4 rings (SSSR count). The molecule has 5 atom stereocenters. The maximum atomic E-state index is 13.0. The van der Waals surface area contributed by atoms with E-state index in [1.807, 2.05) is 0 Å². The first-order valence-electron chi connectivity index (χ1n) is 9.22. The van der Waals surface area contributed by atoms with Crippen LogP contribution in [0.3, 0.4) is 0 Å². The summed E-state index contributed by atoms with van der Waals surface area (Å²) in [6, 6.07) is 5.83. The number of benzene rings is 1. The second-order valence-electron chi connectivity index (χ2n) is 7.38. The fraction of sp³-hybridized carbons (Fsp3) is 0.684. The molecule has 2 saturated heterocycles. The van der Waals surface area contributed by atoms with Crippen molar-refractivity contribution in [3.05, 3.63) is 30.1 Å². The highest BCUT2D eigenvalue weighted by Crippen LogP contribution is 2.45. The van der Waals surface area contributed by atoms with E-state index >= 15 is 0 Å². The lowest BCUT2D eigenvalue weighted by molar-refractivity contribution is -0.185. The molecular formula is C19H25FO6. The molecule has 0 radical (unpaired) electrons. The van der Waals surface area contributed by atoms with Crippen LogP contribution in [0, 0.1) is 17.7 Å². The fourth-order valence-electron chi connectivity index (χ4n) is 4.44. The highest BCUT2D eigenvalue weighted by Gasteiger charge is 2.49. The molecule has 1 saturated carbocycles. The van der Waals surface area contributed by atoms with Crippen LogP contribution in [-0.4, -0.2) is 54.3 Å². The Morgan fingerprint density at radius 1 is 1.12 bits per heavy atom. The van der Waals surface area contributed by atoms with E-state index in [-0.39, 0.29) is 30.4 Å². The smallest absolute Gasteiger partial charge is 0.203 e. The molecule has 2 N–H and O–H groups in total. The van der Waals surface area contributed by atoms with Gasteiger partial charge in [0, 0.05) is 19.3 Å². The molecule has 1 aromatic rings. The summed E-state index contributed by atoms with van der Waals surface area (Å²) in [4.78, 5) is 0. The zero-order valence-corrected chi connectivity index (χ0v) is 14.6. The van der Waals surface area contributed by atoms with Crippen LogP contribution < -0.4 is 4.74 Å². The first-order chi connectivity index (χ1) is 12.5. The third kappa shape index (κ3) is 3.73. The van der Waals surface area contributed by atoms with E-state index in [1.165, 1.54) is 12.1 Å². The lowest BCUT2D eigenvalue weighted by Gasteiger charge is -2.30. The predicted molar refractivity (Wildman–Crippen MR) is 88.9 cm³/mol. The number of halogens is 1. The molecule has 144 valence electrons. The molecule has 0 spiro atoms. The summed E-state index contributed by atoms with van der Waals surface area (Å²) in [5.41, 5.74) is 0. The third-order valence-corrected chi connectivity index (χ3v) is 5.75. The monoisotopic (exact) mass is 368 g/mol. The molecule has 7 heteroatoms. The number of aliphatic hydroxyl groups is 2. The zero-order valence-electron chi connectivity index (χ0n) is 14.6. The Morgan fingerprint density at radius 3 is 2.58 bits per heavy atom. The molecule has 1 aromatic carbocycles. The fourth-order valence-corrected chi connectivity index (χ4v) is 4.44. The van der Waals surface area contributed by atoms with Crippen molar-refractivity contribution >= 4 is 0 Å². The van der Waals surface area contributed by atoms with Gasteiger partial charge in [-0.3, -0.25) is 0 Å². The second-order valence-corrected chi connectivity index (χ2v) is 7.38. The molecule has 0 amide bonds. The predicted octanol–water partition coefficient (Wildman–Crippen LogP) is 1.83. The Balaban J connectivity index is 1.36. The molecule has 2 heterocycles. The summed E-state index contributed by atoms with van der Waals surface area (Å²) >= 11 is 0. The van der Waals surface area contributed by atoms with E-state index in [0.29, 0.717) is 44.6 Å². The molecule has 0 bridgehead atoms. The van der Waals surface area contributed by atoms with Crippen molar-refractivity contribution in [2.45, 2.75) is 50.0 Å². The first kappa shape index (κ1) is 18.1. The largest absolute Gasteiger partial charge is 0.488 e. The molecule has 1 unspecified atom stereocenters. The standard InChI is InChI=1S/C19H25FO6/c20-12-1-3-13(4-2-12)23-11-19(24-7-8-25-19)6-5-14-15-9-18(22)26-17(15)10-16(14)21/h1-4,14-18,21-22H,5-11H2/t14-,15-,16-,17+,18?/m1/s1. The number of fused-ring (bicyclic) bond motifs is 1. The normalized spacial score (nSPS) is 35.6. The van der Waals surface area contributed by atoms with E-state index in [9.17, 15) is 14.6 Å². The van der Waals surface area contributed by atoms with Crippen molar-refractivity contribution in [2.75, 3.05) is 19.8 Å². The van der Waals surface area contributed by atoms with Gasteiger partial charge in [-0.25, -0.2) is 4.39 Å². The SMILES string of the molecule is OC1C[C@@H]2[C@@H](CCC3(COc4ccc(F)cc4)OCCO3)[C@H](O)C[C@@H]2O1. The molecule has 1 aliphatic carbocycles. The zero-order chi connectivity index (χ0) is 18.1. The molecule has 0 aromatic heterocycles. The molecule has 6 nitrogen and oxygen atoms in total. The van der Waals surface area contributed by atoms with Crippen LogP contribution in [0.1, 0.15) is 25.7 Å². The Labute approximate surface area is 151 Å². The van der Waals surface area contributed by atoms with Crippen molar-refractivity contribution in [3.63, 3.8) is 0 Å². The Bertz CT molecular complexity index is 603. The van der Waals surface area contributed by atoms with Crippen molar-refractivity contribution in [3.8, 4) is 5.75 Å². The Morgan fingerprint density at radius 2 is 1.85 bits per heavy atom. The highest BCUT2D eigenvalue weighted by atomic mass is 19.1. The van der Waals surface area contributed by atoms with Crippen LogP contribution in [0.25, 0.3) is 0 Å². The van der Waals surface area contributed by atoms with Gasteiger partial charge in [-0.2, -0.15) is 0 Å². The molecule has 26 heavy (non-hydrogen) atoms. The molecule has 3 fully saturated rings. The van der Waals surface area contributed by atoms with Gasteiger partial charge in [0.25, 0.3) is 0 Å². The first-order valence-corrected chi connectivity index (χ1v) is 9.22. The van der Waals surface area contributed by atoms with Gasteiger partial charge in [-0.05, 0) is 42.5 Å². The summed E-state index contributed by atoms with van der Waals surface area (Å²) in [6.45, 7) is 1.19. The number of rotatable bonds is 6. The minimum atomic E-state index is -0.857. The van der Waals surface area contributed by atoms with Gasteiger partial charge >= 0.3 is 0 Å². The molecule has 3 aliphatic rings. The van der Waals surface area contributed by atoms with Gasteiger partial charge in [0.1, 0.15) is 18.2 Å². The minimum Gasteiger partial charge on any atom is -0.488 e. The average molecular weight is 368 g/mol. The van der Waals surface area contributed by atoms with E-state index in [2.05, 4.69) is 0 Å². The molecular weight excluding hydrogens is 343 g/mol. The van der Waals surface area contributed by atoms with Gasteiger partial charge in [-0.15, -0.1) is 0 Å². The summed E-state index contributed by atoms with van der Waals surface area (Å²) < 4.78 is 35.9. The average Bonchev–Trinajstić information content (AvgIpc) is 3.28. The quantitative estimate of drug-likeness (QED) is 0.798. The lowest BCUT2D eigenvalue weighted by Crippen LogP contribution is -2.38. The van der Waals surface area contributed by atoms with Crippen molar-refractivity contribution in [1.82, 2.24) is 0 Å². The van der Waals surface area contributed by atoms with Crippen LogP contribution >= 0.6 is 0 Å². The van der Waals surface area contributed by atoms with E-state index in [4.69, 9.17) is 18.9 Å². The third-order valence-electron chi connectivity index (χ3n) is 5.75. The van der Waals surface area contributed by atoms with Gasteiger partial charge in [0.2, 0.25) is 5.79 Å². The summed E-state index contributed by atoms with van der Waals surface area (Å²) in [5.74, 6) is -0.405. The van der Waals surface area contributed by atoms with Gasteiger partial charge in [0.15, 0.2) is 6.29 Å². The number of hydrogen-bond donors (Lipinski definition) is 2. The van der Waals surface area contributed by atoms with Crippen molar-refractivity contribution < 1.29 is 33.6 Å². The van der Waals surface area contributed by atoms with Crippen molar-refractivity contribution in [2.24, 2.45) is 11.8 Å². The number of hydrogen-bond acceptors (Lipinski definition) is 6. The van der Waals surface area contributed by atoms with Crippen LogP contribution in [0.5, 0.6) is 5.75 Å². The van der Waals surface area contributed by atoms with E-state index in [1.54, 1.807) is 12.1 Å². The summed E-state index contributed by atoms with van der Waals surface area (Å²) in [6.07, 6.45) is 1.17. The van der Waals surface area contributed by atoms with Crippen LogP contribution in [0.4, 0.5) is 4.39 Å². The summed E-state index contributed by atoms with van der Waals surface area (Å²) in [7, 11) is 0. The van der Waals surface area contributed by atoms with E-state index < -0.39 is 18.2 Å². The Kier molecular flexibility index (Phi) is 5.16. The maximum Gasteiger partial charge on any atom is 0.203 e. The second kappa shape index (κ2) is 7.40. The molecule has 2 aliphatic heterocycles. The van der Waals surface area contributed by atoms with Crippen molar-refractivity contribution in [1.29, 1.82) is 0 Å². The highest BCUT2D eigenvalue weighted by molar-refractivity contribution is 5.22. The summed E-state index contributed by atoms with van der Waals surface area (Å²) in [5, 5.41) is 20.1. The lowest BCUT2D eigenvalue weighted by atomic mass is 9.86. The minimum absolute atomic E-state index is 0.0487. The van der Waals surface area contributed by atoms with Gasteiger partial charge in [0.05, 0.1) is 25.4 Å². The Hall–Kier alpha value is -1.25. The topological polar surface area (TPSA) is 77.4 Å². The maximum absolute atomic E-state index is 13.0. The van der Waals surface area contributed by atoms with Crippen LogP contribution in [0.15, 0.2) is 24.3 Å². The van der Waals surface area contributed by atoms with Gasteiger partial charge in [-0.1, -0.05) is 0 Å². The van der Waals surface area contributed by atoms with Gasteiger partial charge < -0.3 is 29.2 Å².